The molecular formula is C23H25N5O4S. The van der Waals surface area contributed by atoms with Gasteiger partial charge in [-0.25, -0.2) is 4.98 Å². The van der Waals surface area contributed by atoms with Crippen molar-refractivity contribution in [1.82, 2.24) is 24.4 Å². The summed E-state index contributed by atoms with van der Waals surface area (Å²) in [5.74, 6) is 1.83. The predicted molar refractivity (Wildman–Crippen MR) is 123 cm³/mol. The fourth-order valence-corrected chi connectivity index (χ4v) is 5.31. The van der Waals surface area contributed by atoms with Gasteiger partial charge in [0.2, 0.25) is 10.8 Å². The summed E-state index contributed by atoms with van der Waals surface area (Å²) in [4.78, 5) is 22.8. The number of benzene rings is 1. The smallest absolute Gasteiger partial charge is 0.289 e. The lowest BCUT2D eigenvalue weighted by molar-refractivity contribution is 0.0568. The van der Waals surface area contributed by atoms with Gasteiger partial charge in [0, 0.05) is 32.6 Å². The minimum absolute atomic E-state index is 0.102. The van der Waals surface area contributed by atoms with Gasteiger partial charge in [-0.15, -0.1) is 5.10 Å². The largest absolute Gasteiger partial charge is 0.497 e. The Morgan fingerprint density at radius 2 is 1.97 bits per heavy atom. The van der Waals surface area contributed by atoms with Crippen LogP contribution in [0.4, 0.5) is 0 Å². The van der Waals surface area contributed by atoms with Crippen molar-refractivity contribution in [3.8, 4) is 11.6 Å². The molecule has 1 aliphatic rings. The number of ether oxygens (including phenoxy) is 1. The van der Waals surface area contributed by atoms with E-state index in [1.807, 2.05) is 31.2 Å². The Bertz CT molecular complexity index is 1240. The van der Waals surface area contributed by atoms with E-state index in [9.17, 15) is 9.90 Å². The molecular weight excluding hydrogens is 442 g/mol. The number of aromatic hydroxyl groups is 1. The number of methoxy groups -OCH3 is 1. The number of rotatable bonds is 6. The van der Waals surface area contributed by atoms with Crippen LogP contribution >= 0.6 is 11.3 Å². The Morgan fingerprint density at radius 1 is 1.21 bits per heavy atom. The molecule has 3 aromatic heterocycles. The summed E-state index contributed by atoms with van der Waals surface area (Å²) in [6.45, 7) is 4.41. The first-order valence-electron chi connectivity index (χ1n) is 10.9. The fourth-order valence-electron chi connectivity index (χ4n) is 4.17. The van der Waals surface area contributed by atoms with Gasteiger partial charge in [-0.05, 0) is 29.8 Å². The number of aryl methyl sites for hydroxylation is 1. The molecule has 1 amide bonds. The maximum atomic E-state index is 12.7. The van der Waals surface area contributed by atoms with Gasteiger partial charge in [0.05, 0.1) is 24.3 Å². The maximum Gasteiger partial charge on any atom is 0.289 e. The van der Waals surface area contributed by atoms with E-state index in [0.717, 1.165) is 16.2 Å². The molecule has 9 nitrogen and oxygen atoms in total. The average Bonchev–Trinajstić information content (AvgIpc) is 3.59. The van der Waals surface area contributed by atoms with Gasteiger partial charge in [-0.1, -0.05) is 30.4 Å². The van der Waals surface area contributed by atoms with Crippen LogP contribution in [0, 0.1) is 0 Å². The third-order valence-corrected chi connectivity index (χ3v) is 7.01. The Balaban J connectivity index is 1.45. The maximum absolute atomic E-state index is 12.7. The zero-order chi connectivity index (χ0) is 22.9. The summed E-state index contributed by atoms with van der Waals surface area (Å²) in [6.07, 6.45) is 2.22. The van der Waals surface area contributed by atoms with E-state index in [0.29, 0.717) is 49.1 Å². The number of nitrogens with zero attached hydrogens (tertiary/aromatic N) is 5. The second-order valence-electron chi connectivity index (χ2n) is 7.85. The fraction of sp³-hybridized carbons (Fsp3) is 0.348. The molecule has 1 fully saturated rings. The molecule has 1 aliphatic heterocycles. The SMILES string of the molecule is CCc1nc2sc([C@@H](c3ccc(OC)cc3)N3CCN(C(=O)c4ccco4)CC3)c(O)n2n1. The Morgan fingerprint density at radius 3 is 2.58 bits per heavy atom. The van der Waals surface area contributed by atoms with E-state index >= 15 is 0 Å². The van der Waals surface area contributed by atoms with Crippen molar-refractivity contribution < 1.29 is 19.1 Å². The van der Waals surface area contributed by atoms with Crippen LogP contribution in [0.1, 0.15) is 39.8 Å². The molecule has 172 valence electrons. The molecule has 5 rings (SSSR count). The first kappa shape index (κ1) is 21.5. The van der Waals surface area contributed by atoms with Crippen LogP contribution in [0.25, 0.3) is 4.96 Å². The molecule has 0 saturated carbocycles. The van der Waals surface area contributed by atoms with Crippen molar-refractivity contribution in [3.63, 3.8) is 0 Å². The summed E-state index contributed by atoms with van der Waals surface area (Å²) >= 11 is 1.44. The van der Waals surface area contributed by atoms with Gasteiger partial charge in [-0.3, -0.25) is 9.69 Å². The van der Waals surface area contributed by atoms with Gasteiger partial charge < -0.3 is 19.2 Å². The lowest BCUT2D eigenvalue weighted by Gasteiger charge is -2.38. The molecule has 0 radical (unpaired) electrons. The average molecular weight is 468 g/mol. The second kappa shape index (κ2) is 8.87. The molecule has 1 aromatic carbocycles. The van der Waals surface area contributed by atoms with E-state index in [1.165, 1.54) is 22.1 Å². The molecule has 0 spiro atoms. The van der Waals surface area contributed by atoms with E-state index < -0.39 is 0 Å². The number of furan rings is 1. The monoisotopic (exact) mass is 467 g/mol. The van der Waals surface area contributed by atoms with Crippen LogP contribution in [0.2, 0.25) is 0 Å². The number of carbonyl (C=O) groups is 1. The van der Waals surface area contributed by atoms with Crippen LogP contribution in [-0.2, 0) is 6.42 Å². The number of fused-ring (bicyclic) bond motifs is 1. The first-order chi connectivity index (χ1) is 16.1. The number of hydrogen-bond donors (Lipinski definition) is 1. The Hall–Kier alpha value is -3.37. The van der Waals surface area contributed by atoms with Gasteiger partial charge in [0.25, 0.3) is 5.91 Å². The molecule has 33 heavy (non-hydrogen) atoms. The summed E-state index contributed by atoms with van der Waals surface area (Å²) in [6, 6.07) is 11.1. The summed E-state index contributed by atoms with van der Waals surface area (Å²) in [7, 11) is 1.64. The molecule has 1 atom stereocenters. The molecule has 4 heterocycles. The summed E-state index contributed by atoms with van der Waals surface area (Å²) in [5, 5.41) is 15.5. The summed E-state index contributed by atoms with van der Waals surface area (Å²) in [5.41, 5.74) is 1.03. The molecule has 10 heteroatoms. The van der Waals surface area contributed by atoms with Crippen molar-refractivity contribution in [2.24, 2.45) is 0 Å². The van der Waals surface area contributed by atoms with E-state index in [1.54, 1.807) is 24.1 Å². The molecule has 4 aromatic rings. The van der Waals surface area contributed by atoms with E-state index in [-0.39, 0.29) is 17.8 Å². The topological polar surface area (TPSA) is 96.3 Å². The normalized spacial score (nSPS) is 15.8. The van der Waals surface area contributed by atoms with Crippen LogP contribution < -0.4 is 4.74 Å². The third kappa shape index (κ3) is 3.96. The molecule has 0 aliphatic carbocycles. The Kier molecular flexibility index (Phi) is 5.77. The number of aromatic nitrogens is 3. The van der Waals surface area contributed by atoms with Gasteiger partial charge in [0.1, 0.15) is 5.75 Å². The minimum Gasteiger partial charge on any atom is -0.497 e. The molecule has 0 unspecified atom stereocenters. The molecule has 0 bridgehead atoms. The van der Waals surface area contributed by atoms with Crippen molar-refractivity contribution in [2.45, 2.75) is 19.4 Å². The molecule has 1 saturated heterocycles. The lowest BCUT2D eigenvalue weighted by atomic mass is 10.0. The standard InChI is InChI=1S/C23H25N5O4S/c1-3-18-24-23-28(25-18)22(30)20(33-23)19(15-6-8-16(31-2)9-7-15)26-10-12-27(13-11-26)21(29)17-5-4-14-32-17/h4-9,14,19,30H,3,10-13H2,1-2H3/t19-/m1/s1. The van der Waals surface area contributed by atoms with Gasteiger partial charge in [0.15, 0.2) is 11.6 Å². The number of thiazole rings is 1. The highest BCUT2D eigenvalue weighted by molar-refractivity contribution is 7.17. The van der Waals surface area contributed by atoms with Crippen LogP contribution in [0.3, 0.4) is 0 Å². The predicted octanol–water partition coefficient (Wildman–Crippen LogP) is 3.21. The third-order valence-electron chi connectivity index (χ3n) is 5.94. The summed E-state index contributed by atoms with van der Waals surface area (Å²) < 4.78 is 12.1. The van der Waals surface area contributed by atoms with Crippen LogP contribution in [0.5, 0.6) is 11.6 Å². The highest BCUT2D eigenvalue weighted by Crippen LogP contribution is 2.40. The van der Waals surface area contributed by atoms with E-state index in [4.69, 9.17) is 9.15 Å². The van der Waals surface area contributed by atoms with Crippen LogP contribution in [-0.4, -0.2) is 68.7 Å². The minimum atomic E-state index is -0.199. The zero-order valence-electron chi connectivity index (χ0n) is 18.5. The van der Waals surface area contributed by atoms with Crippen molar-refractivity contribution >= 4 is 22.2 Å². The lowest BCUT2D eigenvalue weighted by Crippen LogP contribution is -2.49. The van der Waals surface area contributed by atoms with Crippen LogP contribution in [0.15, 0.2) is 47.1 Å². The highest BCUT2D eigenvalue weighted by atomic mass is 32.1. The number of hydrogen-bond acceptors (Lipinski definition) is 8. The quantitative estimate of drug-likeness (QED) is 0.465. The number of piperazine rings is 1. The van der Waals surface area contributed by atoms with Gasteiger partial charge >= 0.3 is 0 Å². The Labute approximate surface area is 194 Å². The first-order valence-corrected chi connectivity index (χ1v) is 11.7. The second-order valence-corrected chi connectivity index (χ2v) is 8.86. The number of amides is 1. The number of carbonyl (C=O) groups excluding carboxylic acids is 1. The zero-order valence-corrected chi connectivity index (χ0v) is 19.3. The van der Waals surface area contributed by atoms with Crippen molar-refractivity contribution in [3.05, 3.63) is 64.7 Å². The molecule has 1 N–H and O–H groups in total. The van der Waals surface area contributed by atoms with Crippen molar-refractivity contribution in [1.29, 1.82) is 0 Å². The highest BCUT2D eigenvalue weighted by Gasteiger charge is 2.33. The van der Waals surface area contributed by atoms with E-state index in [2.05, 4.69) is 15.0 Å². The van der Waals surface area contributed by atoms with Crippen molar-refractivity contribution in [2.75, 3.05) is 33.3 Å². The van der Waals surface area contributed by atoms with Gasteiger partial charge in [-0.2, -0.15) is 4.52 Å².